The minimum absolute atomic E-state index is 0.0345. The average molecular weight is 517 g/mol. The monoisotopic (exact) mass is 516 g/mol. The van der Waals surface area contributed by atoms with Crippen molar-refractivity contribution in [2.24, 2.45) is 5.92 Å². The summed E-state index contributed by atoms with van der Waals surface area (Å²) in [6, 6.07) is 24.2. The highest BCUT2D eigenvalue weighted by Crippen LogP contribution is 2.25. The molecule has 1 aromatic heterocycles. The van der Waals surface area contributed by atoms with Gasteiger partial charge in [-0.25, -0.2) is 13.4 Å². The van der Waals surface area contributed by atoms with Gasteiger partial charge < -0.3 is 0 Å². The second kappa shape index (κ2) is 11.1. The van der Waals surface area contributed by atoms with Crippen LogP contribution in [0.3, 0.4) is 0 Å². The summed E-state index contributed by atoms with van der Waals surface area (Å²) in [7, 11) is -3.86. The zero-order valence-electron chi connectivity index (χ0n) is 21.5. The van der Waals surface area contributed by atoms with Crippen LogP contribution in [0.15, 0.2) is 90.0 Å². The van der Waals surface area contributed by atoms with Gasteiger partial charge in [0, 0.05) is 24.0 Å². The number of anilines is 1. The third-order valence-corrected chi connectivity index (χ3v) is 7.71. The summed E-state index contributed by atoms with van der Waals surface area (Å²) in [5.74, 6) is -0.105. The van der Waals surface area contributed by atoms with Crippen molar-refractivity contribution in [3.8, 4) is 16.9 Å². The third kappa shape index (κ3) is 6.34. The first-order chi connectivity index (χ1) is 17.6. The van der Waals surface area contributed by atoms with E-state index in [9.17, 15) is 13.2 Å². The predicted molar refractivity (Wildman–Crippen MR) is 147 cm³/mol. The number of nitrogens with zero attached hydrogens (tertiary/aromatic N) is 3. The van der Waals surface area contributed by atoms with Gasteiger partial charge in [-0.1, -0.05) is 79.6 Å². The summed E-state index contributed by atoms with van der Waals surface area (Å²) in [4.78, 5) is 18.1. The Labute approximate surface area is 218 Å². The Bertz CT molecular complexity index is 1460. The Hall–Kier alpha value is -3.75. The van der Waals surface area contributed by atoms with Crippen LogP contribution < -0.4 is 5.32 Å². The second-order valence-electron chi connectivity index (χ2n) is 9.57. The average Bonchev–Trinajstić information content (AvgIpc) is 3.28. The van der Waals surface area contributed by atoms with E-state index in [4.69, 9.17) is 0 Å². The normalized spacial score (nSPS) is 11.7. The quantitative estimate of drug-likeness (QED) is 0.321. The van der Waals surface area contributed by atoms with E-state index in [-0.39, 0.29) is 23.9 Å². The lowest BCUT2D eigenvalue weighted by Crippen LogP contribution is -2.40. The number of amides is 1. The standard InChI is InChI=1S/C29H32N4O3S/c1-21(2)18-32(37(35,36)26-16-12-23(4)13-17-26)20-28(34)31-29-30-27(24-8-6-5-7-9-24)19-33(29)25-14-10-22(3)11-15-25/h5-17,19,21H,18,20H2,1-4H3,(H,30,31,34). The fourth-order valence-corrected chi connectivity index (χ4v) is 5.52. The van der Waals surface area contributed by atoms with Gasteiger partial charge in [0.1, 0.15) is 0 Å². The molecule has 0 spiro atoms. The Morgan fingerprint density at radius 1 is 0.919 bits per heavy atom. The molecule has 0 atom stereocenters. The number of rotatable bonds is 9. The van der Waals surface area contributed by atoms with Crippen LogP contribution in [0.5, 0.6) is 0 Å². The number of hydrogen-bond donors (Lipinski definition) is 1. The van der Waals surface area contributed by atoms with Crippen LogP contribution in [0.1, 0.15) is 25.0 Å². The molecule has 4 aromatic rings. The highest BCUT2D eigenvalue weighted by molar-refractivity contribution is 7.89. The van der Waals surface area contributed by atoms with E-state index in [0.717, 1.165) is 22.4 Å². The van der Waals surface area contributed by atoms with Gasteiger partial charge in [0.15, 0.2) is 0 Å². The summed E-state index contributed by atoms with van der Waals surface area (Å²) < 4.78 is 29.8. The molecule has 37 heavy (non-hydrogen) atoms. The van der Waals surface area contributed by atoms with E-state index in [2.05, 4.69) is 10.3 Å². The smallest absolute Gasteiger partial charge is 0.243 e. The number of aromatic nitrogens is 2. The van der Waals surface area contributed by atoms with Gasteiger partial charge in [0.25, 0.3) is 0 Å². The van der Waals surface area contributed by atoms with Crippen molar-refractivity contribution < 1.29 is 13.2 Å². The lowest BCUT2D eigenvalue weighted by molar-refractivity contribution is -0.116. The van der Waals surface area contributed by atoms with Gasteiger partial charge in [0.2, 0.25) is 21.9 Å². The topological polar surface area (TPSA) is 84.3 Å². The van der Waals surface area contributed by atoms with Gasteiger partial charge in [-0.2, -0.15) is 4.31 Å². The Kier molecular flexibility index (Phi) is 7.90. The summed E-state index contributed by atoms with van der Waals surface area (Å²) in [6.07, 6.45) is 1.87. The van der Waals surface area contributed by atoms with Crippen LogP contribution in [0.2, 0.25) is 0 Å². The maximum atomic E-state index is 13.4. The molecule has 7 nitrogen and oxygen atoms in total. The summed E-state index contributed by atoms with van der Waals surface area (Å²) in [6.45, 7) is 7.64. The molecule has 3 aromatic carbocycles. The third-order valence-electron chi connectivity index (χ3n) is 5.89. The van der Waals surface area contributed by atoms with Crippen molar-refractivity contribution in [3.05, 3.63) is 96.2 Å². The molecule has 0 aliphatic heterocycles. The number of carbonyl (C=O) groups excluding carboxylic acids is 1. The number of sulfonamides is 1. The molecule has 1 heterocycles. The first-order valence-electron chi connectivity index (χ1n) is 12.2. The molecule has 1 amide bonds. The van der Waals surface area contributed by atoms with Crippen LogP contribution >= 0.6 is 0 Å². The van der Waals surface area contributed by atoms with Gasteiger partial charge in [-0.3, -0.25) is 14.7 Å². The van der Waals surface area contributed by atoms with Crippen molar-refractivity contribution in [3.63, 3.8) is 0 Å². The molecule has 0 bridgehead atoms. The largest absolute Gasteiger partial charge is 0.294 e. The molecule has 4 rings (SSSR count). The minimum atomic E-state index is -3.86. The number of hydrogen-bond acceptors (Lipinski definition) is 4. The Morgan fingerprint density at radius 2 is 1.51 bits per heavy atom. The molecule has 0 saturated carbocycles. The molecule has 0 unspecified atom stereocenters. The molecule has 0 radical (unpaired) electrons. The van der Waals surface area contributed by atoms with E-state index in [1.165, 1.54) is 4.31 Å². The molecule has 0 aliphatic rings. The van der Waals surface area contributed by atoms with Gasteiger partial charge in [0.05, 0.1) is 17.1 Å². The predicted octanol–water partition coefficient (Wildman–Crippen LogP) is 5.44. The molecule has 0 fully saturated rings. The van der Waals surface area contributed by atoms with Crippen molar-refractivity contribution >= 4 is 21.9 Å². The number of carbonyl (C=O) groups is 1. The molecular weight excluding hydrogens is 484 g/mol. The minimum Gasteiger partial charge on any atom is -0.294 e. The number of nitrogens with one attached hydrogen (secondary N) is 1. The summed E-state index contributed by atoms with van der Waals surface area (Å²) >= 11 is 0. The summed E-state index contributed by atoms with van der Waals surface area (Å²) in [5.41, 5.74) is 4.52. The fraction of sp³-hybridized carbons (Fsp3) is 0.241. The van der Waals surface area contributed by atoms with Gasteiger partial charge in [-0.05, 0) is 44.0 Å². The van der Waals surface area contributed by atoms with Crippen LogP contribution in [0.25, 0.3) is 16.9 Å². The Morgan fingerprint density at radius 3 is 2.11 bits per heavy atom. The van der Waals surface area contributed by atoms with E-state index in [1.54, 1.807) is 28.8 Å². The molecular formula is C29H32N4O3S. The second-order valence-corrected chi connectivity index (χ2v) is 11.5. The Balaban J connectivity index is 1.64. The van der Waals surface area contributed by atoms with Crippen molar-refractivity contribution in [2.75, 3.05) is 18.4 Å². The van der Waals surface area contributed by atoms with Crippen molar-refractivity contribution in [1.82, 2.24) is 13.9 Å². The van der Waals surface area contributed by atoms with E-state index >= 15 is 0 Å². The highest BCUT2D eigenvalue weighted by atomic mass is 32.2. The highest BCUT2D eigenvalue weighted by Gasteiger charge is 2.28. The first kappa shape index (κ1) is 26.3. The molecule has 0 saturated heterocycles. The van der Waals surface area contributed by atoms with Crippen molar-refractivity contribution in [1.29, 1.82) is 0 Å². The van der Waals surface area contributed by atoms with Crippen LogP contribution in [0.4, 0.5) is 5.95 Å². The fourth-order valence-electron chi connectivity index (χ4n) is 3.96. The zero-order valence-corrected chi connectivity index (χ0v) is 22.4. The zero-order chi connectivity index (χ0) is 26.6. The number of benzene rings is 3. The van der Waals surface area contributed by atoms with Gasteiger partial charge in [-0.15, -0.1) is 0 Å². The van der Waals surface area contributed by atoms with Crippen LogP contribution in [-0.4, -0.2) is 41.3 Å². The lowest BCUT2D eigenvalue weighted by Gasteiger charge is -2.23. The SMILES string of the molecule is Cc1ccc(-n2cc(-c3ccccc3)nc2NC(=O)CN(CC(C)C)S(=O)(=O)c2ccc(C)cc2)cc1. The van der Waals surface area contributed by atoms with E-state index < -0.39 is 15.9 Å². The summed E-state index contributed by atoms with van der Waals surface area (Å²) in [5, 5.41) is 2.86. The first-order valence-corrected chi connectivity index (χ1v) is 13.7. The van der Waals surface area contributed by atoms with E-state index in [0.29, 0.717) is 11.6 Å². The van der Waals surface area contributed by atoms with E-state index in [1.807, 2.05) is 88.5 Å². The molecule has 8 heteroatoms. The maximum absolute atomic E-state index is 13.4. The van der Waals surface area contributed by atoms with Crippen LogP contribution in [-0.2, 0) is 14.8 Å². The number of aryl methyl sites for hydroxylation is 2. The molecule has 1 N–H and O–H groups in total. The van der Waals surface area contributed by atoms with Crippen molar-refractivity contribution in [2.45, 2.75) is 32.6 Å². The maximum Gasteiger partial charge on any atom is 0.243 e. The van der Waals surface area contributed by atoms with Crippen LogP contribution in [0, 0.1) is 19.8 Å². The molecule has 192 valence electrons. The molecule has 0 aliphatic carbocycles. The number of imidazole rings is 1. The lowest BCUT2D eigenvalue weighted by atomic mass is 10.2. The van der Waals surface area contributed by atoms with Gasteiger partial charge >= 0.3 is 0 Å².